The predicted octanol–water partition coefficient (Wildman–Crippen LogP) is 1.54. The van der Waals surface area contributed by atoms with Crippen molar-refractivity contribution in [2.45, 2.75) is 34.7 Å². The molecule has 0 spiro atoms. The zero-order valence-electron chi connectivity index (χ0n) is 12.5. The van der Waals surface area contributed by atoms with E-state index in [9.17, 15) is 5.11 Å². The van der Waals surface area contributed by atoms with Gasteiger partial charge in [-0.2, -0.15) is 0 Å². The molecule has 1 aromatic carbocycles. The molecule has 5 atom stereocenters. The van der Waals surface area contributed by atoms with Crippen LogP contribution in [0.2, 0.25) is 0 Å². The fourth-order valence-electron chi connectivity index (χ4n) is 2.55. The van der Waals surface area contributed by atoms with Crippen LogP contribution in [0, 0.1) is 0 Å². The monoisotopic (exact) mass is 314 g/mol. The number of hydrogen-bond donors (Lipinski definition) is 1. The van der Waals surface area contributed by atoms with Gasteiger partial charge in [0, 0.05) is 26.2 Å². The second-order valence-corrected chi connectivity index (χ2v) is 5.93. The van der Waals surface area contributed by atoms with E-state index in [0.29, 0.717) is 0 Å². The molecule has 0 bridgehead atoms. The molecule has 0 unspecified atom stereocenters. The highest BCUT2D eigenvalue weighted by Crippen LogP contribution is 2.36. The van der Waals surface area contributed by atoms with Gasteiger partial charge in [0.05, 0.1) is 6.61 Å². The lowest BCUT2D eigenvalue weighted by molar-refractivity contribution is -0.227. The lowest BCUT2D eigenvalue weighted by Gasteiger charge is -2.44. The zero-order valence-corrected chi connectivity index (χ0v) is 13.3. The Kier molecular flexibility index (Phi) is 6.47. The number of rotatable bonds is 6. The van der Waals surface area contributed by atoms with E-state index < -0.39 is 6.10 Å². The van der Waals surface area contributed by atoms with Crippen LogP contribution < -0.4 is 0 Å². The Labute approximate surface area is 129 Å². The number of aliphatic hydroxyl groups is 1. The predicted molar refractivity (Wildman–Crippen MR) is 80.4 cm³/mol. The molecule has 2 rings (SSSR count). The summed E-state index contributed by atoms with van der Waals surface area (Å²) >= 11 is 1.55. The standard InChI is InChI=1S/C15H22O5S/c1-17-12-11(9-16)20-15(14(19-3)13(12)18-2)21-10-7-5-4-6-8-10/h4-8,11-16H,9H2,1-3H3/t11-,12-,13+,14+,15-/m1/s1. The maximum Gasteiger partial charge on any atom is 0.137 e. The summed E-state index contributed by atoms with van der Waals surface area (Å²) in [5, 5.41) is 9.54. The topological polar surface area (TPSA) is 57.2 Å². The first-order valence-electron chi connectivity index (χ1n) is 6.81. The van der Waals surface area contributed by atoms with Crippen molar-refractivity contribution in [2.24, 2.45) is 0 Å². The highest BCUT2D eigenvalue weighted by molar-refractivity contribution is 7.99. The van der Waals surface area contributed by atoms with Crippen LogP contribution >= 0.6 is 11.8 Å². The maximum atomic E-state index is 9.54. The van der Waals surface area contributed by atoms with Gasteiger partial charge in [0.2, 0.25) is 0 Å². The molecular formula is C15H22O5S. The largest absolute Gasteiger partial charge is 0.394 e. The summed E-state index contributed by atoms with van der Waals surface area (Å²) in [4.78, 5) is 1.08. The van der Waals surface area contributed by atoms with Crippen molar-refractivity contribution in [2.75, 3.05) is 27.9 Å². The van der Waals surface area contributed by atoms with Crippen LogP contribution in [0.4, 0.5) is 0 Å². The van der Waals surface area contributed by atoms with E-state index in [-0.39, 0.29) is 30.4 Å². The zero-order chi connectivity index (χ0) is 15.2. The third-order valence-corrected chi connectivity index (χ3v) is 4.74. The lowest BCUT2D eigenvalue weighted by Crippen LogP contribution is -2.59. The minimum absolute atomic E-state index is 0.124. The number of benzene rings is 1. The van der Waals surface area contributed by atoms with E-state index >= 15 is 0 Å². The molecule has 1 aromatic rings. The van der Waals surface area contributed by atoms with Crippen LogP contribution in [-0.2, 0) is 18.9 Å². The summed E-state index contributed by atoms with van der Waals surface area (Å²) in [7, 11) is 4.83. The molecule has 1 aliphatic rings. The van der Waals surface area contributed by atoms with Gasteiger partial charge in [-0.15, -0.1) is 0 Å². The average Bonchev–Trinajstić information content (AvgIpc) is 2.54. The Hall–Kier alpha value is -0.630. The molecule has 1 heterocycles. The quantitative estimate of drug-likeness (QED) is 0.859. The number of ether oxygens (including phenoxy) is 4. The van der Waals surface area contributed by atoms with Crippen LogP contribution in [0.15, 0.2) is 35.2 Å². The molecule has 0 aromatic heterocycles. The van der Waals surface area contributed by atoms with Crippen molar-refractivity contribution >= 4 is 11.8 Å². The van der Waals surface area contributed by atoms with Crippen molar-refractivity contribution in [1.82, 2.24) is 0 Å². The molecule has 0 radical (unpaired) electrons. The molecule has 5 nitrogen and oxygen atoms in total. The van der Waals surface area contributed by atoms with Gasteiger partial charge in [0.25, 0.3) is 0 Å². The summed E-state index contributed by atoms with van der Waals surface area (Å²) in [6, 6.07) is 9.94. The minimum Gasteiger partial charge on any atom is -0.394 e. The average molecular weight is 314 g/mol. The molecule has 1 N–H and O–H groups in total. The van der Waals surface area contributed by atoms with Crippen LogP contribution in [0.25, 0.3) is 0 Å². The van der Waals surface area contributed by atoms with E-state index in [1.165, 1.54) is 0 Å². The van der Waals surface area contributed by atoms with Gasteiger partial charge in [-0.1, -0.05) is 30.0 Å². The Bertz CT molecular complexity index is 416. The van der Waals surface area contributed by atoms with Crippen molar-refractivity contribution in [1.29, 1.82) is 0 Å². The molecule has 21 heavy (non-hydrogen) atoms. The summed E-state index contributed by atoms with van der Waals surface area (Å²) in [5.41, 5.74) is -0.272. The Morgan fingerprint density at radius 2 is 1.62 bits per heavy atom. The van der Waals surface area contributed by atoms with Crippen molar-refractivity contribution in [3.05, 3.63) is 30.3 Å². The van der Waals surface area contributed by atoms with Gasteiger partial charge in [0.15, 0.2) is 0 Å². The number of methoxy groups -OCH3 is 3. The Morgan fingerprint density at radius 1 is 1.00 bits per heavy atom. The summed E-state index contributed by atoms with van der Waals surface area (Å²) < 4.78 is 22.5. The fourth-order valence-corrected chi connectivity index (χ4v) is 3.74. The number of aliphatic hydroxyl groups excluding tert-OH is 1. The SMILES string of the molecule is CO[C@@H]1[C@H](OC)[C@@H](Sc2ccccc2)O[C@H](CO)[C@H]1OC. The molecule has 6 heteroatoms. The lowest BCUT2D eigenvalue weighted by atomic mass is 9.99. The van der Waals surface area contributed by atoms with Gasteiger partial charge in [-0.05, 0) is 12.1 Å². The second-order valence-electron chi connectivity index (χ2n) is 4.76. The first kappa shape index (κ1) is 16.7. The Morgan fingerprint density at radius 3 is 2.14 bits per heavy atom. The van der Waals surface area contributed by atoms with Crippen molar-refractivity contribution in [3.8, 4) is 0 Å². The number of hydrogen-bond acceptors (Lipinski definition) is 6. The van der Waals surface area contributed by atoms with E-state index in [1.54, 1.807) is 33.1 Å². The molecule has 1 saturated heterocycles. The van der Waals surface area contributed by atoms with Crippen LogP contribution in [0.3, 0.4) is 0 Å². The van der Waals surface area contributed by atoms with E-state index in [4.69, 9.17) is 18.9 Å². The minimum atomic E-state index is -0.437. The third-order valence-electron chi connectivity index (χ3n) is 3.58. The maximum absolute atomic E-state index is 9.54. The highest BCUT2D eigenvalue weighted by atomic mass is 32.2. The third kappa shape index (κ3) is 3.77. The van der Waals surface area contributed by atoms with Gasteiger partial charge < -0.3 is 24.1 Å². The Balaban J connectivity index is 2.19. The van der Waals surface area contributed by atoms with Crippen molar-refractivity contribution in [3.63, 3.8) is 0 Å². The van der Waals surface area contributed by atoms with Gasteiger partial charge in [-0.3, -0.25) is 0 Å². The smallest absolute Gasteiger partial charge is 0.137 e. The van der Waals surface area contributed by atoms with E-state index in [1.807, 2.05) is 30.3 Å². The normalized spacial score (nSPS) is 33.0. The van der Waals surface area contributed by atoms with Gasteiger partial charge in [-0.25, -0.2) is 0 Å². The van der Waals surface area contributed by atoms with Crippen LogP contribution in [0.5, 0.6) is 0 Å². The second kappa shape index (κ2) is 8.12. The molecule has 0 amide bonds. The highest BCUT2D eigenvalue weighted by Gasteiger charge is 2.47. The molecule has 1 fully saturated rings. The first-order chi connectivity index (χ1) is 10.2. The molecule has 118 valence electrons. The van der Waals surface area contributed by atoms with Gasteiger partial charge >= 0.3 is 0 Å². The summed E-state index contributed by atoms with van der Waals surface area (Å²) in [6.07, 6.45) is -1.38. The van der Waals surface area contributed by atoms with Gasteiger partial charge in [0.1, 0.15) is 29.9 Å². The molecule has 0 aliphatic carbocycles. The number of thioether (sulfide) groups is 1. The summed E-state index contributed by atoms with van der Waals surface area (Å²) in [6.45, 7) is -0.124. The van der Waals surface area contributed by atoms with Crippen LogP contribution in [0.1, 0.15) is 0 Å². The van der Waals surface area contributed by atoms with E-state index in [2.05, 4.69) is 0 Å². The first-order valence-corrected chi connectivity index (χ1v) is 7.69. The van der Waals surface area contributed by atoms with Crippen LogP contribution in [-0.4, -0.2) is 62.9 Å². The molecule has 0 saturated carbocycles. The molecular weight excluding hydrogens is 292 g/mol. The fraction of sp³-hybridized carbons (Fsp3) is 0.600. The molecule has 1 aliphatic heterocycles. The summed E-state index contributed by atoms with van der Waals surface area (Å²) in [5.74, 6) is 0. The van der Waals surface area contributed by atoms with Crippen molar-refractivity contribution < 1.29 is 24.1 Å². The van der Waals surface area contributed by atoms with E-state index in [0.717, 1.165) is 4.90 Å².